The van der Waals surface area contributed by atoms with Gasteiger partial charge < -0.3 is 22.8 Å². The van der Waals surface area contributed by atoms with Gasteiger partial charge in [-0.25, -0.2) is 4.79 Å². The molecule has 0 saturated carbocycles. The maximum Gasteiger partial charge on any atom is 0.333 e. The Morgan fingerprint density at radius 2 is 1.37 bits per heavy atom. The molecule has 0 saturated heterocycles. The summed E-state index contributed by atoms with van der Waals surface area (Å²) >= 11 is 0. The van der Waals surface area contributed by atoms with Crippen molar-refractivity contribution in [3.63, 3.8) is 0 Å². The van der Waals surface area contributed by atoms with E-state index in [1.165, 1.54) is 18.9 Å². The van der Waals surface area contributed by atoms with Crippen LogP contribution in [0.15, 0.2) is 12.2 Å². The highest BCUT2D eigenvalue weighted by atomic mass is 28.4. The molecule has 0 aliphatic carbocycles. The maximum atomic E-state index is 12.1. The number of hydrogen-bond donors (Lipinski definition) is 0. The Morgan fingerprint density at radius 3 is 1.83 bits per heavy atom. The first kappa shape index (κ1) is 40.9. The van der Waals surface area contributed by atoms with Gasteiger partial charge in [0, 0.05) is 17.4 Å². The van der Waals surface area contributed by atoms with Gasteiger partial charge >= 0.3 is 5.97 Å². The van der Waals surface area contributed by atoms with E-state index in [2.05, 4.69) is 100 Å². The summed E-state index contributed by atoms with van der Waals surface area (Å²) in [5.74, 6) is -0.395. The number of hydrogen-bond acceptors (Lipinski definition) is 6. The van der Waals surface area contributed by atoms with Gasteiger partial charge in [0.1, 0.15) is 6.10 Å². The Morgan fingerprint density at radius 1 is 0.805 bits per heavy atom. The number of carbonyl (C=O) groups is 1. The second kappa shape index (κ2) is 16.8. The first-order valence-corrected chi connectivity index (χ1v) is 28.6. The molecule has 0 bridgehead atoms. The van der Waals surface area contributed by atoms with Crippen molar-refractivity contribution >= 4 is 39.0 Å². The van der Waals surface area contributed by atoms with Crippen molar-refractivity contribution in [1.29, 1.82) is 0 Å². The van der Waals surface area contributed by atoms with Crippen molar-refractivity contribution in [2.45, 2.75) is 161 Å². The van der Waals surface area contributed by atoms with Crippen LogP contribution in [-0.2, 0) is 27.5 Å². The van der Waals surface area contributed by atoms with Crippen LogP contribution < -0.4 is 0 Å². The molecule has 6 nitrogen and oxygen atoms in total. The molecular weight excluding hydrogens is 581 g/mol. The van der Waals surface area contributed by atoms with Gasteiger partial charge in [-0.05, 0) is 91.9 Å². The van der Waals surface area contributed by atoms with E-state index in [9.17, 15) is 4.79 Å². The lowest BCUT2D eigenvalue weighted by Gasteiger charge is -2.53. The van der Waals surface area contributed by atoms with Crippen molar-refractivity contribution in [2.75, 3.05) is 19.8 Å². The van der Waals surface area contributed by atoms with Gasteiger partial charge in [-0.3, -0.25) is 0 Å². The summed E-state index contributed by atoms with van der Waals surface area (Å²) in [4.78, 5) is 12.1. The van der Waals surface area contributed by atoms with Crippen LogP contribution in [0.3, 0.4) is 0 Å². The summed E-state index contributed by atoms with van der Waals surface area (Å²) in [6.45, 7) is 38.9. The van der Waals surface area contributed by atoms with Crippen LogP contribution in [0.1, 0.15) is 73.6 Å². The molecule has 2 unspecified atom stereocenters. The molecule has 0 rings (SSSR count). The van der Waals surface area contributed by atoms with E-state index >= 15 is 0 Å². The van der Waals surface area contributed by atoms with Crippen molar-refractivity contribution in [2.24, 2.45) is 0 Å². The largest absolute Gasteiger partial charge is 0.454 e. The van der Waals surface area contributed by atoms with Crippen LogP contribution in [-0.4, -0.2) is 75.4 Å². The maximum absolute atomic E-state index is 12.1. The Kier molecular flexibility index (Phi) is 16.8. The molecule has 0 amide bonds. The van der Waals surface area contributed by atoms with Gasteiger partial charge in [-0.15, -0.1) is 0 Å². The topological polar surface area (TPSA) is 63.2 Å². The van der Waals surface area contributed by atoms with E-state index in [1.54, 1.807) is 6.92 Å². The quantitative estimate of drug-likeness (QED) is 0.0505. The highest BCUT2D eigenvalue weighted by Crippen LogP contribution is 2.41. The molecule has 0 aromatic heterocycles. The third-order valence-corrected chi connectivity index (χ3v) is 21.8. The SMILES string of the molecule is C=C(C)C(=O)OC(COCCC[Si](C)(C)[C@@](C)(CC)O[Si](C)(C)C(C)(CC)O[Si](C)(C)CCCC)CO[Si](C)(C)C. The smallest absolute Gasteiger partial charge is 0.333 e. The van der Waals surface area contributed by atoms with Crippen molar-refractivity contribution in [3.05, 3.63) is 12.2 Å². The number of carbonyl (C=O) groups excluding carboxylic acids is 1. The molecule has 0 fully saturated rings. The predicted octanol–water partition coefficient (Wildman–Crippen LogP) is 9.10. The highest BCUT2D eigenvalue weighted by Gasteiger charge is 2.53. The minimum Gasteiger partial charge on any atom is -0.454 e. The molecule has 41 heavy (non-hydrogen) atoms. The van der Waals surface area contributed by atoms with Gasteiger partial charge in [-0.1, -0.05) is 59.3 Å². The van der Waals surface area contributed by atoms with E-state index < -0.39 is 45.1 Å². The molecule has 0 aliphatic heterocycles. The van der Waals surface area contributed by atoms with E-state index in [0.29, 0.717) is 25.4 Å². The molecule has 10 heteroatoms. The molecule has 0 aromatic carbocycles. The summed E-state index contributed by atoms with van der Waals surface area (Å²) < 4.78 is 32.1. The summed E-state index contributed by atoms with van der Waals surface area (Å²) in [5.41, 5.74) is 0.387. The molecule has 3 atom stereocenters. The molecular formula is C31H68O6Si4. The molecule has 0 heterocycles. The average Bonchev–Trinajstić information content (AvgIpc) is 2.83. The number of esters is 1. The zero-order valence-electron chi connectivity index (χ0n) is 29.8. The van der Waals surface area contributed by atoms with Crippen LogP contribution in [0.4, 0.5) is 0 Å². The summed E-state index contributed by atoms with van der Waals surface area (Å²) in [5, 5.41) is -0.364. The minimum atomic E-state index is -2.24. The molecule has 0 aromatic rings. The molecule has 0 N–H and O–H groups in total. The van der Waals surface area contributed by atoms with Crippen LogP contribution in [0.5, 0.6) is 0 Å². The third-order valence-electron chi connectivity index (χ3n) is 8.89. The Bertz CT molecular complexity index is 811. The second-order valence-corrected chi connectivity index (χ2v) is 33.4. The Labute approximate surface area is 259 Å². The fourth-order valence-electron chi connectivity index (χ4n) is 5.05. The van der Waals surface area contributed by atoms with E-state index in [4.69, 9.17) is 22.8 Å². The number of ether oxygens (including phenoxy) is 2. The van der Waals surface area contributed by atoms with Gasteiger partial charge in [0.25, 0.3) is 0 Å². The predicted molar refractivity (Wildman–Crippen MR) is 186 cm³/mol. The first-order valence-electron chi connectivity index (χ1n) is 16.0. The van der Waals surface area contributed by atoms with Crippen LogP contribution in [0, 0.1) is 0 Å². The van der Waals surface area contributed by atoms with Crippen LogP contribution in [0.25, 0.3) is 0 Å². The molecule has 0 spiro atoms. The number of rotatable bonds is 22. The third kappa shape index (κ3) is 14.0. The zero-order chi connectivity index (χ0) is 32.3. The molecule has 0 aliphatic rings. The monoisotopic (exact) mass is 648 g/mol. The summed E-state index contributed by atoms with van der Waals surface area (Å²) in [6, 6.07) is 2.30. The fraction of sp³-hybridized carbons (Fsp3) is 0.903. The average molecular weight is 649 g/mol. The van der Waals surface area contributed by atoms with E-state index in [1.807, 2.05) is 0 Å². The fourth-order valence-corrected chi connectivity index (χ4v) is 16.9. The minimum absolute atomic E-state index is 0.150. The second-order valence-electron chi connectivity index (χ2n) is 15.0. The van der Waals surface area contributed by atoms with Gasteiger partial charge in [0.2, 0.25) is 8.32 Å². The lowest BCUT2D eigenvalue weighted by Crippen LogP contribution is -2.66. The van der Waals surface area contributed by atoms with E-state index in [0.717, 1.165) is 25.3 Å². The summed E-state index contributed by atoms with van der Waals surface area (Å²) in [6.07, 6.45) is 4.94. The van der Waals surface area contributed by atoms with E-state index in [-0.39, 0.29) is 10.4 Å². The van der Waals surface area contributed by atoms with Gasteiger partial charge in [-0.2, -0.15) is 0 Å². The Balaban J connectivity index is 5.37. The summed E-state index contributed by atoms with van der Waals surface area (Å²) in [7, 11) is -7.59. The van der Waals surface area contributed by atoms with Crippen LogP contribution >= 0.6 is 0 Å². The normalized spacial score (nSPS) is 17.0. The van der Waals surface area contributed by atoms with Crippen LogP contribution in [0.2, 0.25) is 71.0 Å². The van der Waals surface area contributed by atoms with Crippen molar-refractivity contribution < 1.29 is 27.5 Å². The molecule has 0 radical (unpaired) electrons. The molecule has 244 valence electrons. The Hall–Kier alpha value is -0.0825. The van der Waals surface area contributed by atoms with Crippen molar-refractivity contribution in [3.8, 4) is 0 Å². The zero-order valence-corrected chi connectivity index (χ0v) is 33.8. The first-order chi connectivity index (χ1) is 18.5. The number of unbranched alkanes of at least 4 members (excludes halogenated alkanes) is 1. The lowest BCUT2D eigenvalue weighted by molar-refractivity contribution is -0.149. The lowest BCUT2D eigenvalue weighted by atomic mass is 10.3. The highest BCUT2D eigenvalue weighted by molar-refractivity contribution is 6.82. The van der Waals surface area contributed by atoms with Crippen molar-refractivity contribution in [1.82, 2.24) is 0 Å². The van der Waals surface area contributed by atoms with Gasteiger partial charge in [0.05, 0.1) is 26.5 Å². The standard InChI is InChI=1S/C31H68O6Si4/c1-17-20-24-40(13,14)36-31(7,19-3)41(15,16)37-30(6,18-2)39(11,12)23-21-22-33-25-28(26-34-38(8,9)10)35-29(32)27(4)5/h28H,4,17-26H2,1-3,5-16H3/t28?,30-,31?/m0/s1. The van der Waals surface area contributed by atoms with Gasteiger partial charge in [0.15, 0.2) is 16.6 Å².